The molecule has 3 N–H and O–H groups in total. The normalized spacial score (nSPS) is 20.4. The van der Waals surface area contributed by atoms with Crippen LogP contribution in [0.15, 0.2) is 0 Å². The van der Waals surface area contributed by atoms with Crippen LogP contribution in [0.5, 0.6) is 0 Å². The summed E-state index contributed by atoms with van der Waals surface area (Å²) in [4.78, 5) is 11.9. The lowest BCUT2D eigenvalue weighted by atomic mass is 9.86. The molecule has 1 aliphatic rings. The Morgan fingerprint density at radius 1 is 1.33 bits per heavy atom. The van der Waals surface area contributed by atoms with Crippen molar-refractivity contribution >= 4 is 5.91 Å². The number of hydrogen-bond acceptors (Lipinski definition) is 2. The highest BCUT2D eigenvalue weighted by atomic mass is 16.2. The molecular formula is C15H30N2O. The zero-order valence-corrected chi connectivity index (χ0v) is 12.1. The second-order valence-corrected chi connectivity index (χ2v) is 6.07. The molecule has 0 bridgehead atoms. The number of carbonyl (C=O) groups excluding carboxylic acids is 1. The van der Waals surface area contributed by atoms with Gasteiger partial charge in [0.1, 0.15) is 0 Å². The molecule has 1 fully saturated rings. The first-order chi connectivity index (χ1) is 8.56. The molecule has 1 saturated carbocycles. The fourth-order valence-electron chi connectivity index (χ4n) is 2.90. The molecule has 3 heteroatoms. The molecule has 3 nitrogen and oxygen atoms in total. The lowest BCUT2D eigenvalue weighted by Gasteiger charge is -2.24. The van der Waals surface area contributed by atoms with E-state index in [2.05, 4.69) is 12.2 Å². The van der Waals surface area contributed by atoms with Gasteiger partial charge in [0.05, 0.1) is 5.54 Å². The van der Waals surface area contributed by atoms with Gasteiger partial charge in [-0.3, -0.25) is 4.79 Å². The quantitative estimate of drug-likeness (QED) is 0.686. The van der Waals surface area contributed by atoms with Gasteiger partial charge in [-0.25, -0.2) is 0 Å². The Kier molecular flexibility index (Phi) is 6.69. The van der Waals surface area contributed by atoms with Crippen molar-refractivity contribution in [2.75, 3.05) is 6.54 Å². The second-order valence-electron chi connectivity index (χ2n) is 6.07. The summed E-state index contributed by atoms with van der Waals surface area (Å²) in [5.41, 5.74) is 5.29. The number of nitrogens with two attached hydrogens (primary N) is 1. The minimum atomic E-state index is -0.695. The Morgan fingerprint density at radius 2 is 2.00 bits per heavy atom. The maximum atomic E-state index is 11.9. The molecule has 0 spiro atoms. The van der Waals surface area contributed by atoms with Crippen LogP contribution in [0.3, 0.4) is 0 Å². The van der Waals surface area contributed by atoms with Gasteiger partial charge in [0.25, 0.3) is 0 Å². The van der Waals surface area contributed by atoms with Crippen LogP contribution < -0.4 is 11.1 Å². The van der Waals surface area contributed by atoms with E-state index in [0.29, 0.717) is 0 Å². The molecule has 0 aromatic carbocycles. The largest absolute Gasteiger partial charge is 0.355 e. The zero-order valence-electron chi connectivity index (χ0n) is 12.1. The Morgan fingerprint density at radius 3 is 2.61 bits per heavy atom. The maximum Gasteiger partial charge on any atom is 0.239 e. The van der Waals surface area contributed by atoms with Crippen molar-refractivity contribution < 1.29 is 4.79 Å². The molecule has 0 aliphatic heterocycles. The Hall–Kier alpha value is -0.570. The van der Waals surface area contributed by atoms with E-state index >= 15 is 0 Å². The van der Waals surface area contributed by atoms with Gasteiger partial charge in [-0.15, -0.1) is 0 Å². The first-order valence-corrected chi connectivity index (χ1v) is 7.63. The molecule has 1 atom stereocenters. The third-order valence-corrected chi connectivity index (χ3v) is 4.09. The van der Waals surface area contributed by atoms with Crippen molar-refractivity contribution in [3.05, 3.63) is 0 Å². The van der Waals surface area contributed by atoms with Gasteiger partial charge in [-0.1, -0.05) is 45.4 Å². The van der Waals surface area contributed by atoms with Crippen LogP contribution in [-0.4, -0.2) is 18.0 Å². The van der Waals surface area contributed by atoms with Gasteiger partial charge in [0.2, 0.25) is 5.91 Å². The van der Waals surface area contributed by atoms with Gasteiger partial charge < -0.3 is 11.1 Å². The molecule has 1 unspecified atom stereocenters. The van der Waals surface area contributed by atoms with E-state index in [1.54, 1.807) is 0 Å². The fourth-order valence-corrected chi connectivity index (χ4v) is 2.90. The van der Waals surface area contributed by atoms with E-state index in [-0.39, 0.29) is 5.91 Å². The number of nitrogens with one attached hydrogen (secondary N) is 1. The van der Waals surface area contributed by atoms with Crippen LogP contribution >= 0.6 is 0 Å². The van der Waals surface area contributed by atoms with E-state index in [0.717, 1.165) is 31.7 Å². The lowest BCUT2D eigenvalue weighted by molar-refractivity contribution is -0.126. The van der Waals surface area contributed by atoms with E-state index in [1.165, 1.54) is 38.5 Å². The van der Waals surface area contributed by atoms with Gasteiger partial charge >= 0.3 is 0 Å². The van der Waals surface area contributed by atoms with Gasteiger partial charge in [-0.2, -0.15) is 0 Å². The third-order valence-electron chi connectivity index (χ3n) is 4.09. The Balaban J connectivity index is 2.11. The third kappa shape index (κ3) is 5.38. The van der Waals surface area contributed by atoms with Crippen LogP contribution in [0, 0.1) is 5.92 Å². The first-order valence-electron chi connectivity index (χ1n) is 7.63. The molecule has 0 heterocycles. The summed E-state index contributed by atoms with van der Waals surface area (Å²) in [7, 11) is 0. The molecule has 0 saturated heterocycles. The van der Waals surface area contributed by atoms with Gasteiger partial charge in [0, 0.05) is 6.54 Å². The van der Waals surface area contributed by atoms with Crippen molar-refractivity contribution in [2.24, 2.45) is 11.7 Å². The summed E-state index contributed by atoms with van der Waals surface area (Å²) in [6, 6.07) is 0. The number of amides is 1. The average molecular weight is 254 g/mol. The summed E-state index contributed by atoms with van der Waals surface area (Å²) in [6.45, 7) is 4.67. The molecule has 1 aliphatic carbocycles. The van der Waals surface area contributed by atoms with Crippen molar-refractivity contribution in [1.29, 1.82) is 0 Å². The molecule has 1 rings (SSSR count). The summed E-state index contributed by atoms with van der Waals surface area (Å²) >= 11 is 0. The van der Waals surface area contributed by atoms with E-state index < -0.39 is 5.54 Å². The predicted octanol–water partition coefficient (Wildman–Crippen LogP) is 2.98. The monoisotopic (exact) mass is 254 g/mol. The van der Waals surface area contributed by atoms with Crippen LogP contribution in [0.2, 0.25) is 0 Å². The van der Waals surface area contributed by atoms with Crippen LogP contribution in [0.4, 0.5) is 0 Å². The molecule has 0 radical (unpaired) electrons. The SMILES string of the molecule is CCCC(C)(N)C(=O)NCCCC1CCCCC1. The smallest absolute Gasteiger partial charge is 0.239 e. The second kappa shape index (κ2) is 7.78. The molecule has 0 aromatic heterocycles. The minimum absolute atomic E-state index is 0.00740. The molecule has 18 heavy (non-hydrogen) atoms. The highest BCUT2D eigenvalue weighted by molar-refractivity contribution is 5.85. The highest BCUT2D eigenvalue weighted by Gasteiger charge is 2.26. The van der Waals surface area contributed by atoms with Gasteiger partial charge in [0.15, 0.2) is 0 Å². The summed E-state index contributed by atoms with van der Waals surface area (Å²) in [5.74, 6) is 0.906. The molecular weight excluding hydrogens is 224 g/mol. The standard InChI is InChI=1S/C15H30N2O/c1-3-11-15(2,16)14(18)17-12-7-10-13-8-5-4-6-9-13/h13H,3-12,16H2,1-2H3,(H,17,18). The fraction of sp³-hybridized carbons (Fsp3) is 0.933. The van der Waals surface area contributed by atoms with Crippen molar-refractivity contribution in [3.63, 3.8) is 0 Å². The van der Waals surface area contributed by atoms with Crippen molar-refractivity contribution in [2.45, 2.75) is 77.2 Å². The highest BCUT2D eigenvalue weighted by Crippen LogP contribution is 2.26. The molecule has 106 valence electrons. The first kappa shape index (κ1) is 15.5. The number of carbonyl (C=O) groups is 1. The number of hydrogen-bond donors (Lipinski definition) is 2. The summed E-state index contributed by atoms with van der Waals surface area (Å²) < 4.78 is 0. The van der Waals surface area contributed by atoms with Crippen LogP contribution in [-0.2, 0) is 4.79 Å². The Bertz CT molecular complexity index is 245. The van der Waals surface area contributed by atoms with Crippen molar-refractivity contribution in [3.8, 4) is 0 Å². The topological polar surface area (TPSA) is 55.1 Å². The van der Waals surface area contributed by atoms with E-state index in [9.17, 15) is 4.79 Å². The predicted molar refractivity (Wildman–Crippen MR) is 76.3 cm³/mol. The summed E-state index contributed by atoms with van der Waals surface area (Å²) in [5, 5.41) is 2.98. The Labute approximate surface area is 112 Å². The molecule has 1 amide bonds. The zero-order chi connectivity index (χ0) is 13.4. The van der Waals surface area contributed by atoms with Crippen molar-refractivity contribution in [1.82, 2.24) is 5.32 Å². The van der Waals surface area contributed by atoms with Crippen LogP contribution in [0.25, 0.3) is 0 Å². The van der Waals surface area contributed by atoms with Crippen LogP contribution in [0.1, 0.15) is 71.6 Å². The van der Waals surface area contributed by atoms with E-state index in [1.807, 2.05) is 6.92 Å². The maximum absolute atomic E-state index is 11.9. The minimum Gasteiger partial charge on any atom is -0.355 e. The molecule has 0 aromatic rings. The summed E-state index contributed by atoms with van der Waals surface area (Å²) in [6.07, 6.45) is 11.0. The number of rotatable bonds is 7. The lowest BCUT2D eigenvalue weighted by Crippen LogP contribution is -2.51. The van der Waals surface area contributed by atoms with Gasteiger partial charge in [-0.05, 0) is 32.1 Å². The van der Waals surface area contributed by atoms with E-state index in [4.69, 9.17) is 5.73 Å². The average Bonchev–Trinajstić information content (AvgIpc) is 2.35.